The van der Waals surface area contributed by atoms with Gasteiger partial charge in [-0.2, -0.15) is 11.8 Å². The summed E-state index contributed by atoms with van der Waals surface area (Å²) in [6, 6.07) is 12.9. The number of nitrogens with one attached hydrogen (secondary N) is 2. The number of halogens is 4. The van der Waals surface area contributed by atoms with Crippen LogP contribution in [-0.4, -0.2) is 89.2 Å². The summed E-state index contributed by atoms with van der Waals surface area (Å²) in [5.74, 6) is 0.344. The average Bonchev–Trinajstić information content (AvgIpc) is 3.72. The topological polar surface area (TPSA) is 151 Å². The first-order chi connectivity index (χ1) is 26.0. The first-order valence-corrected chi connectivity index (χ1v) is 21.6. The molecular weight excluding hydrogens is 968 g/mol. The summed E-state index contributed by atoms with van der Waals surface area (Å²) in [5.41, 5.74) is 2.22. The van der Waals surface area contributed by atoms with Crippen LogP contribution in [0.15, 0.2) is 82.2 Å². The van der Waals surface area contributed by atoms with Crippen LogP contribution in [0.1, 0.15) is 21.1 Å². The van der Waals surface area contributed by atoms with Gasteiger partial charge in [0, 0.05) is 69.6 Å². The van der Waals surface area contributed by atoms with Crippen molar-refractivity contribution in [2.75, 3.05) is 59.8 Å². The number of hydrogen-bond acceptors (Lipinski definition) is 11. The van der Waals surface area contributed by atoms with Gasteiger partial charge < -0.3 is 29.3 Å². The Morgan fingerprint density at radius 2 is 1.15 bits per heavy atom. The van der Waals surface area contributed by atoms with Crippen LogP contribution < -0.4 is 10.6 Å². The van der Waals surface area contributed by atoms with E-state index in [9.17, 15) is 26.8 Å². The number of fused-ring (bicyclic) bond motifs is 2. The smallest absolute Gasteiger partial charge is 0.291 e. The van der Waals surface area contributed by atoms with Crippen molar-refractivity contribution in [2.24, 2.45) is 0 Å². The van der Waals surface area contributed by atoms with Gasteiger partial charge in [-0.05, 0) is 93.7 Å². The van der Waals surface area contributed by atoms with Crippen LogP contribution in [0.5, 0.6) is 0 Å². The quantitative estimate of drug-likeness (QED) is 0.158. The van der Waals surface area contributed by atoms with Crippen LogP contribution in [-0.2, 0) is 9.84 Å². The molecule has 18 heteroatoms. The molecule has 54 heavy (non-hydrogen) atoms. The Bertz CT molecular complexity index is 2480. The number of sulfone groups is 1. The molecule has 0 atom stereocenters. The largest absolute Gasteiger partial charge is 0.448 e. The van der Waals surface area contributed by atoms with Crippen molar-refractivity contribution in [1.29, 1.82) is 0 Å². The van der Waals surface area contributed by atoms with Gasteiger partial charge in [-0.3, -0.25) is 19.6 Å². The number of anilines is 4. The highest BCUT2D eigenvalue weighted by Gasteiger charge is 2.31. The molecule has 2 N–H and O–H groups in total. The molecule has 2 aliphatic heterocycles. The predicted octanol–water partition coefficient (Wildman–Crippen LogP) is 7.69. The standard InChI is InChI=1S/C18H15FIN3O4S.C18H15FIN3O2S/c19-13-9-11(20)1-2-14(13)22-16-12-10-21-4-3-15(12)27-17(16)18(24)23-5-7-28(25,26)8-6-23;19-13-9-11(20)1-2-14(13)22-16-12-10-21-4-3-15(12)25-17(16)18(24)23-5-7-26-8-6-23/h1-4,9-10,22H,5-8H2;1-4,9-10,22H,5-8H2. The van der Waals surface area contributed by atoms with Gasteiger partial charge in [-0.15, -0.1) is 0 Å². The van der Waals surface area contributed by atoms with E-state index < -0.39 is 21.6 Å². The number of aromatic nitrogens is 2. The van der Waals surface area contributed by atoms with E-state index in [1.165, 1.54) is 29.4 Å². The molecule has 6 heterocycles. The van der Waals surface area contributed by atoms with E-state index in [2.05, 4.69) is 43.2 Å². The van der Waals surface area contributed by atoms with Gasteiger partial charge in [0.25, 0.3) is 11.8 Å². The molecule has 4 aromatic heterocycles. The lowest BCUT2D eigenvalue weighted by molar-refractivity contribution is 0.0736. The van der Waals surface area contributed by atoms with Gasteiger partial charge in [0.1, 0.15) is 34.2 Å². The van der Waals surface area contributed by atoms with Gasteiger partial charge in [-0.1, -0.05) is 0 Å². The molecule has 12 nitrogen and oxygen atoms in total. The maximum atomic E-state index is 14.3. The molecule has 2 saturated heterocycles. The average molecular weight is 999 g/mol. The van der Waals surface area contributed by atoms with Crippen LogP contribution >= 0.6 is 56.9 Å². The third-order valence-electron chi connectivity index (χ3n) is 8.68. The number of thioether (sulfide) groups is 1. The second-order valence-electron chi connectivity index (χ2n) is 12.2. The first kappa shape index (κ1) is 38.3. The molecule has 0 unspecified atom stereocenters. The fourth-order valence-electron chi connectivity index (χ4n) is 5.85. The predicted molar refractivity (Wildman–Crippen MR) is 221 cm³/mol. The summed E-state index contributed by atoms with van der Waals surface area (Å²) >= 11 is 5.89. The van der Waals surface area contributed by atoms with E-state index in [4.69, 9.17) is 8.83 Å². The van der Waals surface area contributed by atoms with Crippen molar-refractivity contribution >= 4 is 123 Å². The van der Waals surface area contributed by atoms with Crippen molar-refractivity contribution in [3.63, 3.8) is 0 Å². The van der Waals surface area contributed by atoms with Crippen LogP contribution in [0.3, 0.4) is 0 Å². The molecule has 2 aromatic carbocycles. The number of rotatable bonds is 6. The molecule has 8 rings (SSSR count). The van der Waals surface area contributed by atoms with E-state index in [-0.39, 0.29) is 53.5 Å². The zero-order valence-electron chi connectivity index (χ0n) is 28.2. The van der Waals surface area contributed by atoms with Crippen LogP contribution in [0.4, 0.5) is 31.5 Å². The first-order valence-electron chi connectivity index (χ1n) is 16.5. The van der Waals surface area contributed by atoms with Crippen molar-refractivity contribution < 1.29 is 35.6 Å². The Morgan fingerprint density at radius 1 is 0.704 bits per heavy atom. The Hall–Kier alpha value is -4.02. The lowest BCUT2D eigenvalue weighted by Gasteiger charge is -2.26. The normalized spacial score (nSPS) is 15.5. The summed E-state index contributed by atoms with van der Waals surface area (Å²) in [7, 11) is -3.12. The second-order valence-corrected chi connectivity index (χ2v) is 18.2. The number of carbonyl (C=O) groups excluding carboxylic acids is 2. The monoisotopic (exact) mass is 998 g/mol. The molecule has 0 aliphatic carbocycles. The SMILES string of the molecule is O=C(c1oc2ccncc2c1Nc1ccc(I)cc1F)N1CCS(=O)(=O)CC1.O=C(c1oc2ccncc2c1Nc1ccc(I)cc1F)N1CCSCC1. The van der Waals surface area contributed by atoms with Crippen molar-refractivity contribution in [2.45, 2.75) is 0 Å². The number of furan rings is 2. The summed E-state index contributed by atoms with van der Waals surface area (Å²) in [4.78, 5) is 37.4. The molecule has 2 amide bonds. The number of pyridine rings is 2. The van der Waals surface area contributed by atoms with E-state index in [1.54, 1.807) is 53.7 Å². The maximum absolute atomic E-state index is 14.3. The minimum atomic E-state index is -3.12. The lowest BCUT2D eigenvalue weighted by Crippen LogP contribution is -2.43. The van der Waals surface area contributed by atoms with Gasteiger partial charge in [0.05, 0.1) is 33.7 Å². The fraction of sp³-hybridized carbons (Fsp3) is 0.222. The highest BCUT2D eigenvalue weighted by Crippen LogP contribution is 2.36. The molecule has 0 radical (unpaired) electrons. The Kier molecular flexibility index (Phi) is 11.6. The summed E-state index contributed by atoms with van der Waals surface area (Å²) in [6.07, 6.45) is 6.29. The number of amides is 2. The molecule has 6 aromatic rings. The molecule has 0 saturated carbocycles. The zero-order valence-corrected chi connectivity index (χ0v) is 34.1. The zero-order chi connectivity index (χ0) is 38.0. The Morgan fingerprint density at radius 3 is 1.59 bits per heavy atom. The van der Waals surface area contributed by atoms with Crippen molar-refractivity contribution in [1.82, 2.24) is 19.8 Å². The van der Waals surface area contributed by atoms with E-state index in [0.717, 1.165) is 18.6 Å². The van der Waals surface area contributed by atoms with Gasteiger partial charge in [0.15, 0.2) is 9.84 Å². The van der Waals surface area contributed by atoms with Gasteiger partial charge >= 0.3 is 0 Å². The van der Waals surface area contributed by atoms with Gasteiger partial charge in [-0.25, -0.2) is 17.2 Å². The van der Waals surface area contributed by atoms with Gasteiger partial charge in [0.2, 0.25) is 11.5 Å². The third kappa shape index (κ3) is 8.45. The summed E-state index contributed by atoms with van der Waals surface area (Å²) in [6.45, 7) is 1.54. The second kappa shape index (κ2) is 16.4. The van der Waals surface area contributed by atoms with Crippen LogP contribution in [0, 0.1) is 18.8 Å². The highest BCUT2D eigenvalue weighted by atomic mass is 127. The molecule has 0 spiro atoms. The molecule has 2 fully saturated rings. The minimum Gasteiger partial charge on any atom is -0.448 e. The van der Waals surface area contributed by atoms with Crippen molar-refractivity contribution in [3.05, 3.63) is 104 Å². The molecule has 0 bridgehead atoms. The van der Waals surface area contributed by atoms with E-state index >= 15 is 0 Å². The number of nitrogens with zero attached hydrogens (tertiary/aromatic N) is 4. The summed E-state index contributed by atoms with van der Waals surface area (Å²) < 4.78 is 65.0. The summed E-state index contributed by atoms with van der Waals surface area (Å²) in [5, 5.41) is 7.18. The Balaban J connectivity index is 0.000000167. The highest BCUT2D eigenvalue weighted by molar-refractivity contribution is 14.1. The Labute approximate surface area is 339 Å². The number of hydrogen-bond donors (Lipinski definition) is 2. The maximum Gasteiger partial charge on any atom is 0.291 e. The van der Waals surface area contributed by atoms with E-state index in [1.807, 2.05) is 34.4 Å². The molecule has 2 aliphatic rings. The number of carbonyl (C=O) groups is 2. The van der Waals surface area contributed by atoms with E-state index in [0.29, 0.717) is 52.1 Å². The third-order valence-corrected chi connectivity index (χ3v) is 12.6. The number of benzene rings is 2. The minimum absolute atomic E-state index is 0.000230. The van der Waals surface area contributed by atoms with Crippen LogP contribution in [0.2, 0.25) is 0 Å². The molecular formula is C36H30F2I2N6O6S2. The molecule has 280 valence electrons. The van der Waals surface area contributed by atoms with Crippen LogP contribution in [0.25, 0.3) is 21.9 Å². The van der Waals surface area contributed by atoms with Crippen molar-refractivity contribution in [3.8, 4) is 0 Å². The fourth-order valence-corrected chi connectivity index (χ4v) is 8.86. The lowest BCUT2D eigenvalue weighted by atomic mass is 10.2.